The Morgan fingerprint density at radius 3 is 1.04 bits per heavy atom. The van der Waals surface area contributed by atoms with E-state index in [4.69, 9.17) is 59.8 Å². The van der Waals surface area contributed by atoms with Crippen LogP contribution in [0.5, 0.6) is 0 Å². The van der Waals surface area contributed by atoms with Crippen LogP contribution < -0.4 is 17.2 Å². The van der Waals surface area contributed by atoms with Crippen LogP contribution >= 0.6 is 0 Å². The Kier molecular flexibility index (Phi) is 23.5. The van der Waals surface area contributed by atoms with Crippen molar-refractivity contribution in [2.75, 3.05) is 17.2 Å². The third kappa shape index (κ3) is 15.2. The van der Waals surface area contributed by atoms with Crippen molar-refractivity contribution in [3.05, 3.63) is 38.0 Å². The fraction of sp³-hybridized carbons (Fsp3) is 0.588. The van der Waals surface area contributed by atoms with Gasteiger partial charge in [0.25, 0.3) is 0 Å². The van der Waals surface area contributed by atoms with Gasteiger partial charge in [-0.25, -0.2) is 0 Å². The van der Waals surface area contributed by atoms with Gasteiger partial charge < -0.3 is 0 Å². The zero-order valence-corrected chi connectivity index (χ0v) is 52.8. The average molecular weight is 1370 g/mol. The predicted octanol–water partition coefficient (Wildman–Crippen LogP) is 3.36. The number of nitrogens with two attached hydrogens (primary N) is 3. The molecule has 3 aliphatic rings. The molecular weight excluding hydrogens is 1300 g/mol. The number of ether oxygens (including phenoxy) is 9. The first-order valence-corrected chi connectivity index (χ1v) is 35.5. The fourth-order valence-corrected chi connectivity index (χ4v) is 13.1. The molecule has 0 spiro atoms. The summed E-state index contributed by atoms with van der Waals surface area (Å²) in [5, 5.41) is 2.11. The summed E-state index contributed by atoms with van der Waals surface area (Å²) in [4.78, 5) is 109. The Labute approximate surface area is 501 Å². The molecule has 6 aromatic heterocycles. The van der Waals surface area contributed by atoms with E-state index in [9.17, 15) is 28.8 Å². The SMILES string of the molecule is CCC(=O)OC1[C@@H](C[Se]C)O[C@@H](n2cnc3c(N)ncnc32)[C@H]1OC(=O)CC.CCCC(=O)OC1[C@@H](C[Se]C)O[C@@H](n2cnc3c(N)ncnc32)[C@H]1OC(=O)CCC.C[Se]C[C@H]1O[C@@H](n2cnc3c(N)ncnc32)[C@@H](OC(C)=O)C1OC(C)=O. The minimum absolute atomic E-state index is 0.194. The summed E-state index contributed by atoms with van der Waals surface area (Å²) in [6.45, 7) is 9.83. The van der Waals surface area contributed by atoms with Crippen molar-refractivity contribution < 1.29 is 71.4 Å². The predicted molar refractivity (Wildman–Crippen MR) is 301 cm³/mol. The molecule has 30 nitrogen and oxygen atoms in total. The van der Waals surface area contributed by atoms with Gasteiger partial charge in [-0.1, -0.05) is 0 Å². The van der Waals surface area contributed by atoms with Gasteiger partial charge in [0.1, 0.15) is 0 Å². The van der Waals surface area contributed by atoms with Crippen LogP contribution in [0.2, 0.25) is 33.4 Å². The van der Waals surface area contributed by atoms with Crippen LogP contribution in [0, 0.1) is 0 Å². The van der Waals surface area contributed by atoms with Gasteiger partial charge in [-0.15, -0.1) is 0 Å². The molecule has 0 radical (unpaired) electrons. The molecule has 6 aromatic rings. The number of rotatable bonds is 21. The van der Waals surface area contributed by atoms with Gasteiger partial charge in [0.15, 0.2) is 0 Å². The van der Waals surface area contributed by atoms with E-state index < -0.39 is 91.5 Å². The molecule has 3 fully saturated rings. The van der Waals surface area contributed by atoms with Gasteiger partial charge in [0.05, 0.1) is 0 Å². The van der Waals surface area contributed by atoms with E-state index in [1.807, 2.05) is 13.8 Å². The van der Waals surface area contributed by atoms with E-state index in [0.717, 1.165) is 0 Å². The molecule has 6 N–H and O–H groups in total. The van der Waals surface area contributed by atoms with E-state index in [0.29, 0.717) is 68.7 Å². The third-order valence-electron chi connectivity index (χ3n) is 13.0. The second kappa shape index (κ2) is 30.4. The fourth-order valence-electron chi connectivity index (χ4n) is 9.35. The first-order chi connectivity index (χ1) is 40.4. The van der Waals surface area contributed by atoms with Crippen molar-refractivity contribution in [2.24, 2.45) is 0 Å². The van der Waals surface area contributed by atoms with Gasteiger partial charge >= 0.3 is 504 Å². The van der Waals surface area contributed by atoms with Crippen molar-refractivity contribution in [2.45, 2.75) is 187 Å². The number of imidazole rings is 3. The van der Waals surface area contributed by atoms with Crippen molar-refractivity contribution in [1.29, 1.82) is 0 Å². The van der Waals surface area contributed by atoms with Gasteiger partial charge in [-0.05, 0) is 0 Å². The van der Waals surface area contributed by atoms with Gasteiger partial charge in [0.2, 0.25) is 0 Å². The van der Waals surface area contributed by atoms with Crippen molar-refractivity contribution in [3.63, 3.8) is 0 Å². The van der Waals surface area contributed by atoms with E-state index in [1.54, 1.807) is 27.5 Å². The van der Waals surface area contributed by atoms with Crippen LogP contribution in [0.4, 0.5) is 17.5 Å². The molecular formula is C51H69N15O15Se3. The number of carbonyl (C=O) groups excluding carboxylic acids is 6. The number of carbonyl (C=O) groups is 6. The Morgan fingerprint density at radius 2 is 0.726 bits per heavy atom. The van der Waals surface area contributed by atoms with Crippen molar-refractivity contribution >= 4 is 132 Å². The molecule has 84 heavy (non-hydrogen) atoms. The van der Waals surface area contributed by atoms with Crippen LogP contribution in [-0.4, -0.2) is 194 Å². The standard InChI is InChI=1S/C19H27N5O5Se.C17H23N5O5Se.C15H19N5O5Se/c1-4-6-12(25)28-15-11(8-30-3)27-19(16(15)29-13(26)7-5-2)24-10-23-14-17(20)21-9-22-18(14)24;1-4-10(23)26-13-9(6-28-3)25-17(14(13)27-11(24)5-2)22-8-21-12-15(18)19-7-20-16(12)22;1-7(21)23-11-9(4-26-3)25-15(12(11)24-8(2)22)20-6-19-10-13(16)17-5-18-14(10)20/h9-11,15-16,19H,4-8H2,1-3H3,(H2,20,21,22);7-9,13-14,17H,4-6H2,1-3H3,(H2,18,19,20);5-6,9,11-12,15H,4H2,1-3H3,(H2,16,17,18)/t11-,15?,16+,19-;9-,13?,14+,17-;9-,11?,12+,15-/m111/s1. The van der Waals surface area contributed by atoms with Gasteiger partial charge in [-0.3, -0.25) is 0 Å². The zero-order chi connectivity index (χ0) is 60.8. The average Bonchev–Trinajstić information content (AvgIpc) is 2.52. The molecule has 9 heterocycles. The molecule has 0 aliphatic carbocycles. The van der Waals surface area contributed by atoms with E-state index in [1.165, 1.54) is 51.8 Å². The number of aromatic nitrogens is 12. The summed E-state index contributed by atoms with van der Waals surface area (Å²) in [5.74, 6) is 4.48. The molecule has 3 aliphatic heterocycles. The number of esters is 6. The number of anilines is 3. The molecule has 3 saturated heterocycles. The monoisotopic (exact) mass is 1370 g/mol. The van der Waals surface area contributed by atoms with Gasteiger partial charge in [0, 0.05) is 0 Å². The summed E-state index contributed by atoms with van der Waals surface area (Å²) in [6.07, 6.45) is 2.88. The maximum atomic E-state index is 12.4. The summed E-state index contributed by atoms with van der Waals surface area (Å²) in [7, 11) is 0. The molecule has 456 valence electrons. The molecule has 0 aromatic carbocycles. The number of hydrogen-bond donors (Lipinski definition) is 3. The normalized spacial score (nSPS) is 24.4. The maximum absolute atomic E-state index is 12.4. The molecule has 0 bridgehead atoms. The van der Waals surface area contributed by atoms with Gasteiger partial charge in [-0.2, -0.15) is 0 Å². The Bertz CT molecular complexity index is 3240. The van der Waals surface area contributed by atoms with Crippen LogP contribution in [0.25, 0.3) is 33.5 Å². The number of nitrogen functional groups attached to an aromatic ring is 3. The topological polar surface area (TPSA) is 394 Å². The molecule has 0 amide bonds. The quantitative estimate of drug-likeness (QED) is 0.0528. The van der Waals surface area contributed by atoms with Crippen LogP contribution in [0.15, 0.2) is 38.0 Å². The Balaban J connectivity index is 0.000000181. The first kappa shape index (κ1) is 64.9. The summed E-state index contributed by atoms with van der Waals surface area (Å²) < 4.78 is 57.2. The summed E-state index contributed by atoms with van der Waals surface area (Å²) in [5.41, 5.74) is 20.3. The molecule has 33 heteroatoms. The summed E-state index contributed by atoms with van der Waals surface area (Å²) in [6, 6.07) is 0. The second-order valence-corrected chi connectivity index (χ2v) is 24.7. The second-order valence-electron chi connectivity index (χ2n) is 19.0. The van der Waals surface area contributed by atoms with E-state index in [-0.39, 0.29) is 99.5 Å². The molecule has 12 atom stereocenters. The molecule has 3 unspecified atom stereocenters. The van der Waals surface area contributed by atoms with Crippen LogP contribution in [0.3, 0.4) is 0 Å². The Hall–Kier alpha value is -6.69. The third-order valence-corrected chi connectivity index (χ3v) is 17.2. The Morgan fingerprint density at radius 1 is 0.440 bits per heavy atom. The minimum atomic E-state index is -0.822. The first-order valence-electron chi connectivity index (χ1n) is 26.8. The van der Waals surface area contributed by atoms with E-state index in [2.05, 4.69) is 62.3 Å². The molecule has 0 saturated carbocycles. The van der Waals surface area contributed by atoms with Crippen molar-refractivity contribution in [1.82, 2.24) is 58.6 Å². The zero-order valence-electron chi connectivity index (χ0n) is 47.7. The van der Waals surface area contributed by atoms with Crippen molar-refractivity contribution in [3.8, 4) is 0 Å². The van der Waals surface area contributed by atoms with Crippen LogP contribution in [0.1, 0.15) is 98.8 Å². The number of hydrogen-bond acceptors (Lipinski definition) is 27. The number of nitrogens with zero attached hydrogens (tertiary/aromatic N) is 12. The molecule has 9 rings (SSSR count). The van der Waals surface area contributed by atoms with Crippen LogP contribution in [-0.2, 0) is 71.4 Å². The number of fused-ring (bicyclic) bond motifs is 3. The van der Waals surface area contributed by atoms with E-state index >= 15 is 0 Å². The summed E-state index contributed by atoms with van der Waals surface area (Å²) >= 11 is 0.790.